The standard InChI is InChI=1S/C26H48O3/c1-5-24(4)21-19-17-15-13-11-9-7-6-8-10-12-14-16-18-20-22-25(27)29-26(28)23(2)3/h24H,2,5-22H2,1,3-4H3. The maximum Gasteiger partial charge on any atom is 0.340 e. The summed E-state index contributed by atoms with van der Waals surface area (Å²) in [6.07, 6.45) is 22.7. The Balaban J connectivity index is 3.20. The Morgan fingerprint density at radius 1 is 0.724 bits per heavy atom. The zero-order chi connectivity index (χ0) is 21.7. The van der Waals surface area contributed by atoms with Crippen molar-refractivity contribution in [3.63, 3.8) is 0 Å². The molecule has 0 bridgehead atoms. The molecule has 0 amide bonds. The van der Waals surface area contributed by atoms with E-state index in [-0.39, 0.29) is 5.57 Å². The van der Waals surface area contributed by atoms with Crippen molar-refractivity contribution >= 4 is 11.9 Å². The first-order valence-electron chi connectivity index (χ1n) is 12.4. The Morgan fingerprint density at radius 3 is 1.48 bits per heavy atom. The monoisotopic (exact) mass is 408 g/mol. The van der Waals surface area contributed by atoms with Crippen LogP contribution in [0.5, 0.6) is 0 Å². The second-order valence-corrected chi connectivity index (χ2v) is 8.90. The topological polar surface area (TPSA) is 43.4 Å². The van der Waals surface area contributed by atoms with Crippen LogP contribution in [0.3, 0.4) is 0 Å². The Kier molecular flexibility index (Phi) is 19.4. The fraction of sp³-hybridized carbons (Fsp3) is 0.846. The fourth-order valence-electron chi connectivity index (χ4n) is 3.51. The van der Waals surface area contributed by atoms with Gasteiger partial charge in [0, 0.05) is 12.0 Å². The molecule has 0 saturated carbocycles. The van der Waals surface area contributed by atoms with Crippen LogP contribution in [-0.2, 0) is 14.3 Å². The minimum absolute atomic E-state index is 0.269. The molecule has 0 radical (unpaired) electrons. The average molecular weight is 409 g/mol. The van der Waals surface area contributed by atoms with Crippen LogP contribution in [-0.4, -0.2) is 11.9 Å². The predicted octanol–water partition coefficient (Wildman–Crippen LogP) is 8.31. The molecule has 0 rings (SSSR count). The number of hydrogen-bond acceptors (Lipinski definition) is 3. The summed E-state index contributed by atoms with van der Waals surface area (Å²) in [6.45, 7) is 9.68. The van der Waals surface area contributed by atoms with Crippen LogP contribution >= 0.6 is 0 Å². The molecule has 0 heterocycles. The van der Waals surface area contributed by atoms with E-state index in [1.54, 1.807) is 6.92 Å². The van der Waals surface area contributed by atoms with Crippen LogP contribution in [0.4, 0.5) is 0 Å². The largest absolute Gasteiger partial charge is 0.390 e. The van der Waals surface area contributed by atoms with Crippen LogP contribution in [0.1, 0.15) is 136 Å². The molecule has 0 aliphatic heterocycles. The molecule has 0 N–H and O–H groups in total. The first kappa shape index (κ1) is 27.9. The van der Waals surface area contributed by atoms with Gasteiger partial charge in [-0.3, -0.25) is 4.79 Å². The maximum atomic E-state index is 11.5. The van der Waals surface area contributed by atoms with E-state index in [0.29, 0.717) is 6.42 Å². The molecule has 0 spiro atoms. The van der Waals surface area contributed by atoms with Crippen molar-refractivity contribution in [2.75, 3.05) is 0 Å². The molecule has 0 aromatic carbocycles. The van der Waals surface area contributed by atoms with Crippen LogP contribution < -0.4 is 0 Å². The van der Waals surface area contributed by atoms with Gasteiger partial charge in [-0.15, -0.1) is 0 Å². The van der Waals surface area contributed by atoms with Crippen molar-refractivity contribution in [3.05, 3.63) is 12.2 Å². The predicted molar refractivity (Wildman–Crippen MR) is 124 cm³/mol. The number of esters is 2. The van der Waals surface area contributed by atoms with Gasteiger partial charge in [-0.2, -0.15) is 0 Å². The molecule has 0 fully saturated rings. The van der Waals surface area contributed by atoms with Crippen LogP contribution in [0.15, 0.2) is 12.2 Å². The highest BCUT2D eigenvalue weighted by molar-refractivity contribution is 5.95. The van der Waals surface area contributed by atoms with Crippen LogP contribution in [0, 0.1) is 5.92 Å². The lowest BCUT2D eigenvalue weighted by atomic mass is 9.99. The maximum absolute atomic E-state index is 11.5. The second kappa shape index (κ2) is 20.2. The van der Waals surface area contributed by atoms with E-state index in [2.05, 4.69) is 25.2 Å². The highest BCUT2D eigenvalue weighted by Crippen LogP contribution is 2.16. The van der Waals surface area contributed by atoms with Gasteiger partial charge in [-0.25, -0.2) is 4.79 Å². The molecule has 29 heavy (non-hydrogen) atoms. The summed E-state index contributed by atoms with van der Waals surface area (Å²) in [5.41, 5.74) is 0.269. The molecule has 0 saturated heterocycles. The van der Waals surface area contributed by atoms with E-state index in [9.17, 15) is 9.59 Å². The van der Waals surface area contributed by atoms with E-state index < -0.39 is 11.9 Å². The first-order valence-corrected chi connectivity index (χ1v) is 12.4. The lowest BCUT2D eigenvalue weighted by molar-refractivity contribution is -0.156. The zero-order valence-corrected chi connectivity index (χ0v) is 19.7. The molecular weight excluding hydrogens is 360 g/mol. The summed E-state index contributed by atoms with van der Waals surface area (Å²) in [5.74, 6) is -0.117. The third-order valence-corrected chi connectivity index (χ3v) is 5.83. The van der Waals surface area contributed by atoms with Gasteiger partial charge >= 0.3 is 11.9 Å². The summed E-state index contributed by atoms with van der Waals surface area (Å²) < 4.78 is 4.67. The molecule has 1 unspecified atom stereocenters. The Labute approximate surface area is 181 Å². The number of carbonyl (C=O) groups excluding carboxylic acids is 2. The van der Waals surface area contributed by atoms with E-state index in [1.165, 1.54) is 96.3 Å². The number of rotatable bonds is 20. The molecule has 0 aliphatic rings. The van der Waals surface area contributed by atoms with Gasteiger partial charge in [-0.1, -0.05) is 123 Å². The lowest BCUT2D eigenvalue weighted by Gasteiger charge is -2.07. The fourth-order valence-corrected chi connectivity index (χ4v) is 3.51. The molecule has 170 valence electrons. The van der Waals surface area contributed by atoms with Gasteiger partial charge in [0.15, 0.2) is 0 Å². The Morgan fingerprint density at radius 2 is 1.10 bits per heavy atom. The van der Waals surface area contributed by atoms with Crippen LogP contribution in [0.2, 0.25) is 0 Å². The zero-order valence-electron chi connectivity index (χ0n) is 19.7. The van der Waals surface area contributed by atoms with Crippen LogP contribution in [0.25, 0.3) is 0 Å². The van der Waals surface area contributed by atoms with Gasteiger partial charge in [0.25, 0.3) is 0 Å². The van der Waals surface area contributed by atoms with Gasteiger partial charge in [0.1, 0.15) is 0 Å². The number of hydrogen-bond donors (Lipinski definition) is 0. The molecular formula is C26H48O3. The summed E-state index contributed by atoms with van der Waals surface area (Å²) in [5, 5.41) is 0. The Bertz CT molecular complexity index is 428. The third-order valence-electron chi connectivity index (χ3n) is 5.83. The highest BCUT2D eigenvalue weighted by atomic mass is 16.6. The minimum Gasteiger partial charge on any atom is -0.390 e. The van der Waals surface area contributed by atoms with Gasteiger partial charge < -0.3 is 4.74 Å². The van der Waals surface area contributed by atoms with Gasteiger partial charge in [0.05, 0.1) is 0 Å². The quantitative estimate of drug-likeness (QED) is 0.0880. The molecule has 3 heteroatoms. The van der Waals surface area contributed by atoms with E-state index >= 15 is 0 Å². The van der Waals surface area contributed by atoms with Crippen molar-refractivity contribution in [1.29, 1.82) is 0 Å². The van der Waals surface area contributed by atoms with Crippen molar-refractivity contribution in [1.82, 2.24) is 0 Å². The van der Waals surface area contributed by atoms with Crippen molar-refractivity contribution < 1.29 is 14.3 Å². The summed E-state index contributed by atoms with van der Waals surface area (Å²) in [4.78, 5) is 22.7. The second-order valence-electron chi connectivity index (χ2n) is 8.90. The SMILES string of the molecule is C=C(C)C(=O)OC(=O)CCCCCCCCCCCCCCCCCC(C)CC. The molecule has 1 atom stereocenters. The van der Waals surface area contributed by atoms with Crippen molar-refractivity contribution in [2.24, 2.45) is 5.92 Å². The lowest BCUT2D eigenvalue weighted by Crippen LogP contribution is -2.12. The molecule has 0 aromatic rings. The summed E-state index contributed by atoms with van der Waals surface area (Å²) >= 11 is 0. The number of carbonyl (C=O) groups is 2. The first-order chi connectivity index (χ1) is 14.0. The third kappa shape index (κ3) is 19.9. The summed E-state index contributed by atoms with van der Waals surface area (Å²) in [6, 6.07) is 0. The molecule has 0 aliphatic carbocycles. The van der Waals surface area contributed by atoms with E-state index in [0.717, 1.165) is 18.8 Å². The van der Waals surface area contributed by atoms with E-state index in [4.69, 9.17) is 0 Å². The number of ether oxygens (including phenoxy) is 1. The molecule has 3 nitrogen and oxygen atoms in total. The Hall–Kier alpha value is -1.12. The minimum atomic E-state index is -0.605. The van der Waals surface area contributed by atoms with Gasteiger partial charge in [-0.05, 0) is 19.3 Å². The average Bonchev–Trinajstić information content (AvgIpc) is 2.69. The summed E-state index contributed by atoms with van der Waals surface area (Å²) in [7, 11) is 0. The van der Waals surface area contributed by atoms with E-state index in [1.807, 2.05) is 0 Å². The smallest absolute Gasteiger partial charge is 0.340 e. The van der Waals surface area contributed by atoms with Gasteiger partial charge in [0.2, 0.25) is 0 Å². The number of unbranched alkanes of at least 4 members (excludes halogenated alkanes) is 14. The highest BCUT2D eigenvalue weighted by Gasteiger charge is 2.10. The van der Waals surface area contributed by atoms with Crippen molar-refractivity contribution in [2.45, 2.75) is 136 Å². The normalized spacial score (nSPS) is 12.0. The molecule has 0 aromatic heterocycles. The van der Waals surface area contributed by atoms with Crippen molar-refractivity contribution in [3.8, 4) is 0 Å².